The lowest BCUT2D eigenvalue weighted by Crippen LogP contribution is -2.33. The predicted molar refractivity (Wildman–Crippen MR) is 86.6 cm³/mol. The summed E-state index contributed by atoms with van der Waals surface area (Å²) in [7, 11) is 2.21. The Morgan fingerprint density at radius 2 is 1.90 bits per heavy atom. The lowest BCUT2D eigenvalue weighted by molar-refractivity contribution is 0.427. The molecule has 1 aromatic rings. The number of nitrogens with one attached hydrogen (secondary N) is 1. The minimum atomic E-state index is 0.690. The van der Waals surface area contributed by atoms with Crippen molar-refractivity contribution in [3.05, 3.63) is 28.8 Å². The van der Waals surface area contributed by atoms with Crippen molar-refractivity contribution >= 4 is 17.3 Å². The first-order valence-electron chi connectivity index (χ1n) is 7.98. The van der Waals surface area contributed by atoms with Gasteiger partial charge in [-0.3, -0.25) is 0 Å². The van der Waals surface area contributed by atoms with Crippen LogP contribution in [0.1, 0.15) is 50.5 Å². The maximum absolute atomic E-state index is 6.45. The fourth-order valence-corrected chi connectivity index (χ4v) is 3.36. The van der Waals surface area contributed by atoms with Crippen molar-refractivity contribution in [2.75, 3.05) is 11.9 Å². The Kier molecular flexibility index (Phi) is 4.52. The lowest BCUT2D eigenvalue weighted by atomic mass is 9.94. The molecule has 110 valence electrons. The molecule has 20 heavy (non-hydrogen) atoms. The average molecular weight is 293 g/mol. The van der Waals surface area contributed by atoms with Gasteiger partial charge in [0, 0.05) is 36.4 Å². The molecule has 2 saturated carbocycles. The summed E-state index contributed by atoms with van der Waals surface area (Å²) < 4.78 is 0. The van der Waals surface area contributed by atoms with E-state index in [4.69, 9.17) is 11.6 Å². The molecule has 0 amide bonds. The normalized spacial score (nSPS) is 20.1. The van der Waals surface area contributed by atoms with Gasteiger partial charge in [0.25, 0.3) is 0 Å². The molecule has 0 spiro atoms. The molecular formula is C17H25ClN2. The van der Waals surface area contributed by atoms with Crippen LogP contribution in [0, 0.1) is 0 Å². The monoisotopic (exact) mass is 292 g/mol. The second kappa shape index (κ2) is 6.36. The van der Waals surface area contributed by atoms with Gasteiger partial charge in [0.05, 0.1) is 0 Å². The number of anilines is 1. The van der Waals surface area contributed by atoms with Crippen LogP contribution in [0.4, 0.5) is 5.69 Å². The smallest absolute Gasteiger partial charge is 0.0471 e. The van der Waals surface area contributed by atoms with Crippen LogP contribution in [0.2, 0.25) is 5.02 Å². The standard InChI is InChI=1S/C17H25ClN2/c1-20(15-5-3-2-4-6-15)16-10-7-13(17(18)11-16)12-19-14-8-9-14/h7,10-11,14-15,19H,2-6,8-9,12H2,1H3. The molecule has 3 rings (SSSR count). The third kappa shape index (κ3) is 3.48. The molecule has 0 unspecified atom stereocenters. The van der Waals surface area contributed by atoms with Crippen molar-refractivity contribution in [1.82, 2.24) is 5.32 Å². The quantitative estimate of drug-likeness (QED) is 0.867. The molecule has 0 saturated heterocycles. The highest BCUT2D eigenvalue weighted by molar-refractivity contribution is 6.31. The molecule has 2 aliphatic carbocycles. The van der Waals surface area contributed by atoms with Crippen LogP contribution in [-0.4, -0.2) is 19.1 Å². The molecule has 2 nitrogen and oxygen atoms in total. The van der Waals surface area contributed by atoms with Crippen LogP contribution in [0.5, 0.6) is 0 Å². The summed E-state index contributed by atoms with van der Waals surface area (Å²) in [6, 6.07) is 7.97. The van der Waals surface area contributed by atoms with Crippen molar-refractivity contribution in [1.29, 1.82) is 0 Å². The zero-order valence-corrected chi connectivity index (χ0v) is 13.1. The van der Waals surface area contributed by atoms with Crippen molar-refractivity contribution in [3.8, 4) is 0 Å². The average Bonchev–Trinajstić information content (AvgIpc) is 3.30. The van der Waals surface area contributed by atoms with Gasteiger partial charge in [-0.1, -0.05) is 36.9 Å². The van der Waals surface area contributed by atoms with E-state index in [-0.39, 0.29) is 0 Å². The second-order valence-electron chi connectivity index (χ2n) is 6.33. The fourth-order valence-electron chi connectivity index (χ4n) is 3.12. The number of hydrogen-bond donors (Lipinski definition) is 1. The van der Waals surface area contributed by atoms with Gasteiger partial charge in [-0.15, -0.1) is 0 Å². The van der Waals surface area contributed by atoms with Crippen molar-refractivity contribution in [2.24, 2.45) is 0 Å². The Balaban J connectivity index is 1.64. The summed E-state index contributed by atoms with van der Waals surface area (Å²) in [5, 5.41) is 4.43. The topological polar surface area (TPSA) is 15.3 Å². The first kappa shape index (κ1) is 14.2. The Morgan fingerprint density at radius 3 is 2.55 bits per heavy atom. The van der Waals surface area contributed by atoms with Crippen LogP contribution in [0.25, 0.3) is 0 Å². The number of halogens is 1. The largest absolute Gasteiger partial charge is 0.372 e. The van der Waals surface area contributed by atoms with E-state index >= 15 is 0 Å². The first-order valence-corrected chi connectivity index (χ1v) is 8.36. The Morgan fingerprint density at radius 1 is 1.15 bits per heavy atom. The van der Waals surface area contributed by atoms with E-state index in [2.05, 4.69) is 35.5 Å². The van der Waals surface area contributed by atoms with Crippen molar-refractivity contribution < 1.29 is 0 Å². The summed E-state index contributed by atoms with van der Waals surface area (Å²) in [4.78, 5) is 2.42. The Labute approximate surface area is 127 Å². The Bertz CT molecular complexity index is 450. The minimum absolute atomic E-state index is 0.690. The predicted octanol–water partition coefficient (Wildman–Crippen LogP) is 4.36. The molecule has 0 aromatic heterocycles. The second-order valence-corrected chi connectivity index (χ2v) is 6.74. The van der Waals surface area contributed by atoms with Gasteiger partial charge >= 0.3 is 0 Å². The summed E-state index contributed by atoms with van der Waals surface area (Å²) in [5.41, 5.74) is 2.48. The van der Waals surface area contributed by atoms with E-state index in [1.807, 2.05) is 0 Å². The molecule has 1 aromatic carbocycles. The van der Waals surface area contributed by atoms with Crippen molar-refractivity contribution in [3.63, 3.8) is 0 Å². The van der Waals surface area contributed by atoms with Crippen LogP contribution < -0.4 is 10.2 Å². The first-order chi connectivity index (χ1) is 9.74. The van der Waals surface area contributed by atoms with E-state index < -0.39 is 0 Å². The van der Waals surface area contributed by atoms with Crippen LogP contribution in [0.15, 0.2) is 18.2 Å². The third-order valence-electron chi connectivity index (χ3n) is 4.72. The van der Waals surface area contributed by atoms with E-state index in [1.165, 1.54) is 56.2 Å². The zero-order chi connectivity index (χ0) is 13.9. The summed E-state index contributed by atoms with van der Waals surface area (Å²) in [5.74, 6) is 0. The summed E-state index contributed by atoms with van der Waals surface area (Å²) >= 11 is 6.45. The third-order valence-corrected chi connectivity index (χ3v) is 5.08. The summed E-state index contributed by atoms with van der Waals surface area (Å²) in [6.45, 7) is 0.900. The SMILES string of the molecule is CN(c1ccc(CNC2CC2)c(Cl)c1)C1CCCCC1. The van der Waals surface area contributed by atoms with Gasteiger partial charge in [0.2, 0.25) is 0 Å². The van der Waals surface area contributed by atoms with Gasteiger partial charge in [-0.2, -0.15) is 0 Å². The molecule has 3 heteroatoms. The zero-order valence-electron chi connectivity index (χ0n) is 12.4. The highest BCUT2D eigenvalue weighted by Crippen LogP contribution is 2.29. The van der Waals surface area contributed by atoms with Gasteiger partial charge in [-0.05, 0) is 43.4 Å². The van der Waals surface area contributed by atoms with E-state index in [1.54, 1.807) is 0 Å². The molecule has 1 N–H and O–H groups in total. The summed E-state index contributed by atoms with van der Waals surface area (Å²) in [6.07, 6.45) is 9.41. The fraction of sp³-hybridized carbons (Fsp3) is 0.647. The molecule has 0 heterocycles. The van der Waals surface area contributed by atoms with Gasteiger partial charge in [-0.25, -0.2) is 0 Å². The molecular weight excluding hydrogens is 268 g/mol. The molecule has 2 aliphatic rings. The van der Waals surface area contributed by atoms with Gasteiger partial charge in [0.15, 0.2) is 0 Å². The maximum Gasteiger partial charge on any atom is 0.0471 e. The van der Waals surface area contributed by atoms with Crippen LogP contribution in [-0.2, 0) is 6.54 Å². The van der Waals surface area contributed by atoms with Gasteiger partial charge < -0.3 is 10.2 Å². The highest BCUT2D eigenvalue weighted by atomic mass is 35.5. The van der Waals surface area contributed by atoms with Crippen LogP contribution >= 0.6 is 11.6 Å². The molecule has 2 fully saturated rings. The number of benzene rings is 1. The number of hydrogen-bond acceptors (Lipinski definition) is 2. The highest BCUT2D eigenvalue weighted by Gasteiger charge is 2.21. The minimum Gasteiger partial charge on any atom is -0.372 e. The molecule has 0 radical (unpaired) electrons. The number of rotatable bonds is 5. The van der Waals surface area contributed by atoms with E-state index in [0.717, 1.165) is 17.6 Å². The molecule has 0 aliphatic heterocycles. The Hall–Kier alpha value is -0.730. The van der Waals surface area contributed by atoms with E-state index in [9.17, 15) is 0 Å². The van der Waals surface area contributed by atoms with E-state index in [0.29, 0.717) is 6.04 Å². The molecule has 0 bridgehead atoms. The maximum atomic E-state index is 6.45. The van der Waals surface area contributed by atoms with Crippen LogP contribution in [0.3, 0.4) is 0 Å². The number of nitrogens with zero attached hydrogens (tertiary/aromatic N) is 1. The lowest BCUT2D eigenvalue weighted by Gasteiger charge is -2.33. The molecule has 0 atom stereocenters. The van der Waals surface area contributed by atoms with Gasteiger partial charge in [0.1, 0.15) is 0 Å². The van der Waals surface area contributed by atoms with Crippen molar-refractivity contribution in [2.45, 2.75) is 63.6 Å².